The van der Waals surface area contributed by atoms with Crippen molar-refractivity contribution in [1.82, 2.24) is 0 Å². The molecular weight excluding hydrogens is 191 g/mol. The van der Waals surface area contributed by atoms with Gasteiger partial charge in [-0.3, -0.25) is 4.52 Å². The van der Waals surface area contributed by atoms with E-state index in [4.69, 9.17) is 9.79 Å². The minimum absolute atomic E-state index is 0.173. The summed E-state index contributed by atoms with van der Waals surface area (Å²) >= 11 is 0. The summed E-state index contributed by atoms with van der Waals surface area (Å²) in [6.45, 7) is 4.28. The third-order valence-corrected chi connectivity index (χ3v) is 2.36. The van der Waals surface area contributed by atoms with Crippen molar-refractivity contribution in [3.63, 3.8) is 0 Å². The molecule has 2 N–H and O–H groups in total. The fourth-order valence-electron chi connectivity index (χ4n) is 1.33. The molecule has 0 atom stereocenters. The van der Waals surface area contributed by atoms with Crippen LogP contribution in [0.25, 0.3) is 0 Å². The van der Waals surface area contributed by atoms with Crippen LogP contribution >= 0.6 is 7.82 Å². The predicted octanol–water partition coefficient (Wildman–Crippen LogP) is 2.31. The fourth-order valence-corrected chi connectivity index (χ4v) is 1.74. The second kappa shape index (κ2) is 6.55. The zero-order valence-corrected chi connectivity index (χ0v) is 9.17. The third kappa shape index (κ3) is 8.44. The molecule has 0 aromatic rings. The molecule has 0 fully saturated rings. The molecule has 0 saturated carbocycles. The lowest BCUT2D eigenvalue weighted by Crippen LogP contribution is -2.08. The molecule has 5 heteroatoms. The van der Waals surface area contributed by atoms with Crippen LogP contribution in [-0.4, -0.2) is 16.4 Å². The lowest BCUT2D eigenvalue weighted by molar-refractivity contribution is 0.159. The van der Waals surface area contributed by atoms with Crippen molar-refractivity contribution in [2.24, 2.45) is 5.92 Å². The van der Waals surface area contributed by atoms with Crippen LogP contribution in [0.3, 0.4) is 0 Å². The van der Waals surface area contributed by atoms with Gasteiger partial charge in [0.2, 0.25) is 0 Å². The summed E-state index contributed by atoms with van der Waals surface area (Å²) in [7, 11) is -4.27. The van der Waals surface area contributed by atoms with Crippen LogP contribution in [0.1, 0.15) is 39.5 Å². The van der Waals surface area contributed by atoms with Gasteiger partial charge in [0.05, 0.1) is 6.61 Å². The van der Waals surface area contributed by atoms with Crippen molar-refractivity contribution in [1.29, 1.82) is 0 Å². The van der Waals surface area contributed by atoms with E-state index < -0.39 is 7.82 Å². The first kappa shape index (κ1) is 13.1. The van der Waals surface area contributed by atoms with Gasteiger partial charge in [-0.1, -0.05) is 26.7 Å². The Morgan fingerprint density at radius 3 is 2.00 bits per heavy atom. The van der Waals surface area contributed by atoms with Gasteiger partial charge in [0.25, 0.3) is 0 Å². The largest absolute Gasteiger partial charge is 0.469 e. The maximum Gasteiger partial charge on any atom is 0.469 e. The molecule has 0 spiro atoms. The Balaban J connectivity index is 3.74. The van der Waals surface area contributed by atoms with E-state index in [0.717, 1.165) is 25.7 Å². The zero-order chi connectivity index (χ0) is 10.3. The fraction of sp³-hybridized carbons (Fsp3) is 1.00. The van der Waals surface area contributed by atoms with Crippen molar-refractivity contribution in [3.05, 3.63) is 0 Å². The monoisotopic (exact) mass is 210 g/mol. The Hall–Kier alpha value is 0.110. The Bertz CT molecular complexity index is 160. The van der Waals surface area contributed by atoms with E-state index in [1.54, 1.807) is 0 Å². The molecule has 0 aliphatic carbocycles. The molecular formula is C8H19O4P. The highest BCUT2D eigenvalue weighted by Crippen LogP contribution is 2.37. The second-order valence-electron chi connectivity index (χ2n) is 3.23. The van der Waals surface area contributed by atoms with Crippen LogP contribution in [0.5, 0.6) is 0 Å². The molecule has 13 heavy (non-hydrogen) atoms. The molecule has 0 amide bonds. The quantitative estimate of drug-likeness (QED) is 0.633. The Morgan fingerprint density at radius 2 is 1.69 bits per heavy atom. The van der Waals surface area contributed by atoms with Crippen molar-refractivity contribution < 1.29 is 18.9 Å². The van der Waals surface area contributed by atoms with Gasteiger partial charge in [-0.25, -0.2) is 4.57 Å². The first-order valence-electron chi connectivity index (χ1n) is 4.69. The van der Waals surface area contributed by atoms with Crippen LogP contribution < -0.4 is 0 Å². The van der Waals surface area contributed by atoms with Gasteiger partial charge < -0.3 is 9.79 Å². The molecule has 0 bridgehead atoms. The zero-order valence-electron chi connectivity index (χ0n) is 8.27. The van der Waals surface area contributed by atoms with Gasteiger partial charge in [-0.15, -0.1) is 0 Å². The summed E-state index contributed by atoms with van der Waals surface area (Å²) in [5, 5.41) is 0. The molecule has 0 unspecified atom stereocenters. The highest BCUT2D eigenvalue weighted by molar-refractivity contribution is 7.46. The van der Waals surface area contributed by atoms with Gasteiger partial charge in [-0.2, -0.15) is 0 Å². The van der Waals surface area contributed by atoms with Gasteiger partial charge >= 0.3 is 7.82 Å². The van der Waals surface area contributed by atoms with Crippen LogP contribution in [0, 0.1) is 5.92 Å². The van der Waals surface area contributed by atoms with Gasteiger partial charge in [-0.05, 0) is 18.8 Å². The minimum Gasteiger partial charge on any atom is -0.303 e. The van der Waals surface area contributed by atoms with E-state index in [1.807, 2.05) is 0 Å². The minimum atomic E-state index is -4.27. The van der Waals surface area contributed by atoms with E-state index in [-0.39, 0.29) is 12.5 Å². The Labute approximate surface area is 79.5 Å². The molecule has 0 rings (SSSR count). The van der Waals surface area contributed by atoms with Gasteiger partial charge in [0, 0.05) is 0 Å². The van der Waals surface area contributed by atoms with Crippen molar-refractivity contribution >= 4 is 7.82 Å². The summed E-state index contributed by atoms with van der Waals surface area (Å²) in [5.41, 5.74) is 0. The standard InChI is InChI=1S/C8H19O4P/c1-3-5-8(6-4-2)7-12-13(9,10)11/h8H,3-7H2,1-2H3,(H2,9,10,11). The van der Waals surface area contributed by atoms with Crippen LogP contribution in [0.4, 0.5) is 0 Å². The van der Waals surface area contributed by atoms with E-state index in [9.17, 15) is 4.57 Å². The van der Waals surface area contributed by atoms with E-state index in [1.165, 1.54) is 0 Å². The molecule has 0 aromatic carbocycles. The first-order chi connectivity index (χ1) is 5.99. The second-order valence-corrected chi connectivity index (χ2v) is 4.47. The lowest BCUT2D eigenvalue weighted by Gasteiger charge is -2.15. The molecule has 0 aliphatic rings. The summed E-state index contributed by atoms with van der Waals surface area (Å²) in [6.07, 6.45) is 3.98. The predicted molar refractivity (Wildman–Crippen MR) is 51.3 cm³/mol. The van der Waals surface area contributed by atoms with E-state index in [0.29, 0.717) is 0 Å². The van der Waals surface area contributed by atoms with Gasteiger partial charge in [0.15, 0.2) is 0 Å². The number of phosphoric acid groups is 1. The molecule has 80 valence electrons. The third-order valence-electron chi connectivity index (χ3n) is 1.87. The van der Waals surface area contributed by atoms with Crippen LogP contribution in [-0.2, 0) is 9.09 Å². The lowest BCUT2D eigenvalue weighted by atomic mass is 10.00. The molecule has 4 nitrogen and oxygen atoms in total. The van der Waals surface area contributed by atoms with Crippen molar-refractivity contribution in [3.8, 4) is 0 Å². The average Bonchev–Trinajstić information content (AvgIpc) is 2.00. The van der Waals surface area contributed by atoms with Crippen molar-refractivity contribution in [2.45, 2.75) is 39.5 Å². The highest BCUT2D eigenvalue weighted by Gasteiger charge is 2.17. The molecule has 0 radical (unpaired) electrons. The molecule has 0 aliphatic heterocycles. The number of rotatable bonds is 7. The molecule has 0 heterocycles. The molecule has 0 saturated heterocycles. The summed E-state index contributed by atoms with van der Waals surface area (Å²) in [6, 6.07) is 0. The number of hydrogen-bond acceptors (Lipinski definition) is 2. The van der Waals surface area contributed by atoms with E-state index in [2.05, 4.69) is 18.4 Å². The van der Waals surface area contributed by atoms with E-state index >= 15 is 0 Å². The maximum atomic E-state index is 10.4. The average molecular weight is 210 g/mol. The van der Waals surface area contributed by atoms with Crippen LogP contribution in [0.15, 0.2) is 0 Å². The van der Waals surface area contributed by atoms with Crippen LogP contribution in [0.2, 0.25) is 0 Å². The normalized spacial score (nSPS) is 12.4. The number of hydrogen-bond donors (Lipinski definition) is 2. The highest BCUT2D eigenvalue weighted by atomic mass is 31.2. The molecule has 0 aromatic heterocycles. The number of phosphoric ester groups is 1. The summed E-state index contributed by atoms with van der Waals surface area (Å²) in [4.78, 5) is 17.0. The first-order valence-corrected chi connectivity index (χ1v) is 6.22. The van der Waals surface area contributed by atoms with Gasteiger partial charge in [0.1, 0.15) is 0 Å². The Kier molecular flexibility index (Phi) is 6.60. The summed E-state index contributed by atoms with van der Waals surface area (Å²) < 4.78 is 14.9. The SMILES string of the molecule is CCCC(CCC)COP(=O)(O)O. The Morgan fingerprint density at radius 1 is 1.23 bits per heavy atom. The van der Waals surface area contributed by atoms with Crippen molar-refractivity contribution in [2.75, 3.05) is 6.61 Å². The smallest absolute Gasteiger partial charge is 0.303 e. The summed E-state index contributed by atoms with van der Waals surface area (Å²) in [5.74, 6) is 0.280. The topological polar surface area (TPSA) is 66.8 Å². The maximum absolute atomic E-state index is 10.4.